The zero-order chi connectivity index (χ0) is 19.8. The lowest BCUT2D eigenvalue weighted by atomic mass is 10.1. The standard InChI is InChI=1S/C21H23ClN4O2/c1-12-19-16(10-17(13-4-5-13)24-20(19)26(2)25-12)21(27)23-11-18(28-3)14-6-8-15(22)9-7-14/h6-10,13,18H,4-5,11H2,1-3H3,(H,23,27). The average Bonchev–Trinajstić information content (AvgIpc) is 3.49. The number of rotatable bonds is 6. The minimum Gasteiger partial charge on any atom is -0.375 e. The summed E-state index contributed by atoms with van der Waals surface area (Å²) < 4.78 is 7.31. The zero-order valence-electron chi connectivity index (χ0n) is 16.2. The van der Waals surface area contributed by atoms with Gasteiger partial charge in [0, 0.05) is 37.3 Å². The van der Waals surface area contributed by atoms with Crippen molar-refractivity contribution in [2.24, 2.45) is 7.05 Å². The van der Waals surface area contributed by atoms with Crippen LogP contribution in [0.15, 0.2) is 30.3 Å². The zero-order valence-corrected chi connectivity index (χ0v) is 17.0. The number of ether oxygens (including phenoxy) is 1. The number of methoxy groups -OCH3 is 1. The van der Waals surface area contributed by atoms with E-state index in [0.717, 1.165) is 40.8 Å². The van der Waals surface area contributed by atoms with E-state index < -0.39 is 0 Å². The van der Waals surface area contributed by atoms with E-state index in [1.807, 2.05) is 44.3 Å². The Morgan fingerprint density at radius 1 is 1.36 bits per heavy atom. The fourth-order valence-corrected chi connectivity index (χ4v) is 3.65. The Morgan fingerprint density at radius 2 is 2.07 bits per heavy atom. The molecule has 2 aromatic heterocycles. The van der Waals surface area contributed by atoms with Gasteiger partial charge < -0.3 is 10.1 Å². The van der Waals surface area contributed by atoms with Gasteiger partial charge in [0.15, 0.2) is 5.65 Å². The van der Waals surface area contributed by atoms with Crippen LogP contribution in [0, 0.1) is 6.92 Å². The van der Waals surface area contributed by atoms with Crippen molar-refractivity contribution in [3.63, 3.8) is 0 Å². The highest BCUT2D eigenvalue weighted by molar-refractivity contribution is 6.30. The molecule has 6 nitrogen and oxygen atoms in total. The van der Waals surface area contributed by atoms with Crippen LogP contribution in [0.25, 0.3) is 11.0 Å². The van der Waals surface area contributed by atoms with Crippen LogP contribution in [0.4, 0.5) is 0 Å². The highest BCUT2D eigenvalue weighted by Crippen LogP contribution is 2.40. The van der Waals surface area contributed by atoms with Gasteiger partial charge >= 0.3 is 0 Å². The first-order chi connectivity index (χ1) is 13.5. The third-order valence-electron chi connectivity index (χ3n) is 5.20. The number of hydrogen-bond acceptors (Lipinski definition) is 4. The summed E-state index contributed by atoms with van der Waals surface area (Å²) in [6, 6.07) is 9.37. The van der Waals surface area contributed by atoms with E-state index in [9.17, 15) is 4.79 Å². The molecule has 146 valence electrons. The summed E-state index contributed by atoms with van der Waals surface area (Å²) in [6.07, 6.45) is 1.99. The number of amides is 1. The van der Waals surface area contributed by atoms with Gasteiger partial charge in [-0.25, -0.2) is 4.98 Å². The number of carbonyl (C=O) groups is 1. The summed E-state index contributed by atoms with van der Waals surface area (Å²) in [5.41, 5.74) is 4.12. The predicted molar refractivity (Wildman–Crippen MR) is 109 cm³/mol. The second-order valence-electron chi connectivity index (χ2n) is 7.26. The molecular weight excluding hydrogens is 376 g/mol. The van der Waals surface area contributed by atoms with Crippen molar-refractivity contribution in [3.05, 3.63) is 57.9 Å². The molecule has 2 heterocycles. The topological polar surface area (TPSA) is 69.0 Å². The Kier molecular flexibility index (Phi) is 5.08. The largest absolute Gasteiger partial charge is 0.375 e. The molecule has 0 spiro atoms. The van der Waals surface area contributed by atoms with E-state index in [2.05, 4.69) is 10.4 Å². The molecule has 3 aromatic rings. The molecule has 1 aliphatic carbocycles. The van der Waals surface area contributed by atoms with Crippen LogP contribution in [0.3, 0.4) is 0 Å². The lowest BCUT2D eigenvalue weighted by Crippen LogP contribution is -2.29. The Bertz CT molecular complexity index is 1030. The maximum atomic E-state index is 13.1. The van der Waals surface area contributed by atoms with E-state index in [4.69, 9.17) is 21.3 Å². The van der Waals surface area contributed by atoms with Gasteiger partial charge in [0.05, 0.1) is 22.7 Å². The number of fused-ring (bicyclic) bond motifs is 1. The number of carbonyl (C=O) groups excluding carboxylic acids is 1. The minimum absolute atomic E-state index is 0.138. The van der Waals surface area contributed by atoms with Gasteiger partial charge in [-0.3, -0.25) is 9.48 Å². The molecule has 0 bridgehead atoms. The summed E-state index contributed by atoms with van der Waals surface area (Å²) in [6.45, 7) is 2.27. The smallest absolute Gasteiger partial charge is 0.252 e. The molecule has 0 radical (unpaired) electrons. The molecule has 4 rings (SSSR count). The first-order valence-electron chi connectivity index (χ1n) is 9.38. The molecule has 1 N–H and O–H groups in total. The quantitative estimate of drug-likeness (QED) is 0.683. The maximum absolute atomic E-state index is 13.1. The number of aromatic nitrogens is 3. The number of hydrogen-bond donors (Lipinski definition) is 1. The first-order valence-corrected chi connectivity index (χ1v) is 9.76. The van der Waals surface area contributed by atoms with Crippen LogP contribution in [0.1, 0.15) is 52.2 Å². The van der Waals surface area contributed by atoms with Crippen LogP contribution in [0.2, 0.25) is 5.02 Å². The Balaban J connectivity index is 1.60. The summed E-state index contributed by atoms with van der Waals surface area (Å²) >= 11 is 5.96. The van der Waals surface area contributed by atoms with Crippen molar-refractivity contribution < 1.29 is 9.53 Å². The number of nitrogens with zero attached hydrogens (tertiary/aromatic N) is 3. The molecule has 1 aromatic carbocycles. The monoisotopic (exact) mass is 398 g/mol. The summed E-state index contributed by atoms with van der Waals surface area (Å²) in [5, 5.41) is 8.95. The summed E-state index contributed by atoms with van der Waals surface area (Å²) in [5.74, 6) is 0.313. The highest BCUT2D eigenvalue weighted by Gasteiger charge is 2.28. The van der Waals surface area contributed by atoms with Crippen molar-refractivity contribution in [1.82, 2.24) is 20.1 Å². The minimum atomic E-state index is -0.253. The molecule has 0 saturated heterocycles. The van der Waals surface area contributed by atoms with E-state index >= 15 is 0 Å². The SMILES string of the molecule is COC(CNC(=O)c1cc(C2CC2)nc2c1c(C)nn2C)c1ccc(Cl)cc1. The lowest BCUT2D eigenvalue weighted by Gasteiger charge is -2.17. The first kappa shape index (κ1) is 18.9. The molecule has 1 fully saturated rings. The number of nitrogens with one attached hydrogen (secondary N) is 1. The maximum Gasteiger partial charge on any atom is 0.252 e. The van der Waals surface area contributed by atoms with Gasteiger partial charge in [-0.15, -0.1) is 0 Å². The van der Waals surface area contributed by atoms with Crippen molar-refractivity contribution in [3.8, 4) is 0 Å². The van der Waals surface area contributed by atoms with Gasteiger partial charge in [-0.1, -0.05) is 23.7 Å². The van der Waals surface area contributed by atoms with Crippen LogP contribution >= 0.6 is 11.6 Å². The van der Waals surface area contributed by atoms with Crippen molar-refractivity contribution in [2.75, 3.05) is 13.7 Å². The van der Waals surface area contributed by atoms with E-state index in [0.29, 0.717) is 23.0 Å². The third kappa shape index (κ3) is 3.62. The van der Waals surface area contributed by atoms with Crippen molar-refractivity contribution in [2.45, 2.75) is 31.8 Å². The van der Waals surface area contributed by atoms with E-state index in [-0.39, 0.29) is 12.0 Å². The number of aryl methyl sites for hydroxylation is 2. The lowest BCUT2D eigenvalue weighted by molar-refractivity contribution is 0.0829. The molecule has 1 atom stereocenters. The molecule has 1 amide bonds. The second-order valence-corrected chi connectivity index (χ2v) is 7.70. The average molecular weight is 399 g/mol. The van der Waals surface area contributed by atoms with Gasteiger partial charge in [0.1, 0.15) is 0 Å². The molecule has 28 heavy (non-hydrogen) atoms. The van der Waals surface area contributed by atoms with E-state index in [1.54, 1.807) is 11.8 Å². The van der Waals surface area contributed by atoms with Crippen LogP contribution in [0.5, 0.6) is 0 Å². The fourth-order valence-electron chi connectivity index (χ4n) is 3.53. The third-order valence-corrected chi connectivity index (χ3v) is 5.46. The number of benzene rings is 1. The molecule has 1 aliphatic rings. The summed E-state index contributed by atoms with van der Waals surface area (Å²) in [7, 11) is 3.49. The number of pyridine rings is 1. The number of halogens is 1. The van der Waals surface area contributed by atoms with Crippen molar-refractivity contribution in [1.29, 1.82) is 0 Å². The normalized spacial score (nSPS) is 15.0. The van der Waals surface area contributed by atoms with Gasteiger partial charge in [0.25, 0.3) is 5.91 Å². The molecular formula is C21H23ClN4O2. The molecule has 0 aliphatic heterocycles. The molecule has 1 saturated carbocycles. The van der Waals surface area contributed by atoms with E-state index in [1.165, 1.54) is 0 Å². The van der Waals surface area contributed by atoms with Crippen LogP contribution < -0.4 is 5.32 Å². The van der Waals surface area contributed by atoms with Gasteiger partial charge in [-0.05, 0) is 43.5 Å². The summed E-state index contributed by atoms with van der Waals surface area (Å²) in [4.78, 5) is 17.8. The Labute approximate surface area is 168 Å². The predicted octanol–water partition coefficient (Wildman–Crippen LogP) is 3.93. The van der Waals surface area contributed by atoms with Crippen LogP contribution in [-0.4, -0.2) is 34.3 Å². The highest BCUT2D eigenvalue weighted by atomic mass is 35.5. The molecule has 7 heteroatoms. The Hall–Kier alpha value is -2.44. The van der Waals surface area contributed by atoms with Crippen LogP contribution in [-0.2, 0) is 11.8 Å². The van der Waals surface area contributed by atoms with Crippen molar-refractivity contribution >= 4 is 28.5 Å². The van der Waals surface area contributed by atoms with Gasteiger partial charge in [0.2, 0.25) is 0 Å². The fraction of sp³-hybridized carbons (Fsp3) is 0.381. The second kappa shape index (κ2) is 7.53. The Morgan fingerprint density at radius 3 is 2.71 bits per heavy atom. The van der Waals surface area contributed by atoms with Gasteiger partial charge in [-0.2, -0.15) is 5.10 Å². The molecule has 1 unspecified atom stereocenters.